The van der Waals surface area contributed by atoms with E-state index in [9.17, 15) is 4.79 Å². The van der Waals surface area contributed by atoms with Gasteiger partial charge in [-0.3, -0.25) is 4.79 Å². The van der Waals surface area contributed by atoms with E-state index in [1.54, 1.807) is 0 Å². The number of amides is 1. The standard InChI is InChI=1S/C23H29NO2/c1-17-9-11-19(12-10-17)6-5-15-24-23(25)18(2)26-22-14-13-20-7-3-4-8-21(20)16-22/h9-14,16,18H,3-8,15H2,1-2H3,(H,24,25). The van der Waals surface area contributed by atoms with Crippen molar-refractivity contribution in [2.24, 2.45) is 0 Å². The molecule has 26 heavy (non-hydrogen) atoms. The van der Waals surface area contributed by atoms with E-state index < -0.39 is 6.10 Å². The van der Waals surface area contributed by atoms with Crippen molar-refractivity contribution in [2.75, 3.05) is 6.54 Å². The van der Waals surface area contributed by atoms with Gasteiger partial charge >= 0.3 is 0 Å². The van der Waals surface area contributed by atoms with Crippen LogP contribution in [0.15, 0.2) is 42.5 Å². The molecule has 0 aliphatic heterocycles. The van der Waals surface area contributed by atoms with Gasteiger partial charge < -0.3 is 10.1 Å². The molecular formula is C23H29NO2. The molecule has 0 saturated heterocycles. The van der Waals surface area contributed by atoms with Gasteiger partial charge in [0.15, 0.2) is 6.10 Å². The van der Waals surface area contributed by atoms with Gasteiger partial charge in [-0.1, -0.05) is 35.9 Å². The second-order valence-corrected chi connectivity index (χ2v) is 7.28. The van der Waals surface area contributed by atoms with Gasteiger partial charge in [0.1, 0.15) is 5.75 Å². The summed E-state index contributed by atoms with van der Waals surface area (Å²) in [5, 5.41) is 2.98. The number of ether oxygens (including phenoxy) is 1. The first-order chi connectivity index (χ1) is 12.6. The molecule has 1 atom stereocenters. The second-order valence-electron chi connectivity index (χ2n) is 7.28. The van der Waals surface area contributed by atoms with Crippen molar-refractivity contribution in [2.45, 2.75) is 58.5 Å². The highest BCUT2D eigenvalue weighted by atomic mass is 16.5. The van der Waals surface area contributed by atoms with E-state index in [1.807, 2.05) is 13.0 Å². The van der Waals surface area contributed by atoms with Crippen molar-refractivity contribution < 1.29 is 9.53 Å². The Bertz CT molecular complexity index is 736. The highest BCUT2D eigenvalue weighted by Gasteiger charge is 2.16. The second kappa shape index (κ2) is 8.88. The SMILES string of the molecule is Cc1ccc(CCCNC(=O)C(C)Oc2ccc3c(c2)CCCC3)cc1. The highest BCUT2D eigenvalue weighted by molar-refractivity contribution is 5.80. The molecule has 0 bridgehead atoms. The fourth-order valence-corrected chi connectivity index (χ4v) is 3.44. The number of hydrogen-bond donors (Lipinski definition) is 1. The average Bonchev–Trinajstić information content (AvgIpc) is 2.66. The van der Waals surface area contributed by atoms with Crippen molar-refractivity contribution >= 4 is 5.91 Å². The normalized spacial score (nSPS) is 14.4. The Labute approximate surface area is 156 Å². The molecular weight excluding hydrogens is 322 g/mol. The molecule has 1 aliphatic carbocycles. The topological polar surface area (TPSA) is 38.3 Å². The van der Waals surface area contributed by atoms with Crippen LogP contribution in [0.5, 0.6) is 5.75 Å². The first kappa shape index (κ1) is 18.5. The molecule has 1 N–H and O–H groups in total. The molecule has 3 heteroatoms. The summed E-state index contributed by atoms with van der Waals surface area (Å²) >= 11 is 0. The van der Waals surface area contributed by atoms with Crippen LogP contribution < -0.4 is 10.1 Å². The number of benzene rings is 2. The summed E-state index contributed by atoms with van der Waals surface area (Å²) in [5.41, 5.74) is 5.38. The lowest BCUT2D eigenvalue weighted by atomic mass is 9.92. The van der Waals surface area contributed by atoms with Crippen LogP contribution in [0.1, 0.15) is 48.4 Å². The molecule has 3 nitrogen and oxygen atoms in total. The molecule has 138 valence electrons. The maximum atomic E-state index is 12.3. The van der Waals surface area contributed by atoms with E-state index in [1.165, 1.54) is 35.1 Å². The van der Waals surface area contributed by atoms with E-state index in [0.29, 0.717) is 6.54 Å². The van der Waals surface area contributed by atoms with Gasteiger partial charge in [-0.25, -0.2) is 0 Å². The Balaban J connectivity index is 1.42. The zero-order valence-electron chi connectivity index (χ0n) is 15.9. The number of carbonyl (C=O) groups is 1. The first-order valence-electron chi connectivity index (χ1n) is 9.73. The molecule has 0 radical (unpaired) electrons. The van der Waals surface area contributed by atoms with Crippen LogP contribution in [-0.4, -0.2) is 18.6 Å². The number of rotatable bonds is 7. The van der Waals surface area contributed by atoms with Crippen LogP contribution in [0.4, 0.5) is 0 Å². The number of nitrogens with one attached hydrogen (secondary N) is 1. The molecule has 3 rings (SSSR count). The van der Waals surface area contributed by atoms with Crippen LogP contribution >= 0.6 is 0 Å². The molecule has 1 amide bonds. The van der Waals surface area contributed by atoms with E-state index in [2.05, 4.69) is 48.6 Å². The molecule has 0 spiro atoms. The lowest BCUT2D eigenvalue weighted by molar-refractivity contribution is -0.127. The molecule has 0 saturated carbocycles. The Hall–Kier alpha value is -2.29. The zero-order chi connectivity index (χ0) is 18.4. The molecule has 2 aromatic carbocycles. The monoisotopic (exact) mass is 351 g/mol. The van der Waals surface area contributed by atoms with Crippen LogP contribution in [0.2, 0.25) is 0 Å². The Morgan fingerprint density at radius 1 is 1.08 bits per heavy atom. The number of hydrogen-bond acceptors (Lipinski definition) is 2. The van der Waals surface area contributed by atoms with Gasteiger partial charge in [0.2, 0.25) is 0 Å². The largest absolute Gasteiger partial charge is 0.481 e. The summed E-state index contributed by atoms with van der Waals surface area (Å²) in [6, 6.07) is 14.8. The van der Waals surface area contributed by atoms with Gasteiger partial charge in [-0.15, -0.1) is 0 Å². The minimum absolute atomic E-state index is 0.0494. The third-order valence-corrected chi connectivity index (χ3v) is 5.06. The average molecular weight is 351 g/mol. The molecule has 0 aromatic heterocycles. The summed E-state index contributed by atoms with van der Waals surface area (Å²) in [5.74, 6) is 0.750. The van der Waals surface area contributed by atoms with Gasteiger partial charge in [0, 0.05) is 6.54 Å². The molecule has 1 aliphatic rings. The van der Waals surface area contributed by atoms with Gasteiger partial charge in [0.25, 0.3) is 5.91 Å². The third kappa shape index (κ3) is 5.10. The van der Waals surface area contributed by atoms with Gasteiger partial charge in [0.05, 0.1) is 0 Å². The number of carbonyl (C=O) groups excluding carboxylic acids is 1. The van der Waals surface area contributed by atoms with E-state index in [0.717, 1.165) is 31.4 Å². The summed E-state index contributed by atoms with van der Waals surface area (Å²) in [7, 11) is 0. The Kier molecular flexibility index (Phi) is 6.32. The maximum Gasteiger partial charge on any atom is 0.260 e. The predicted octanol–water partition coefficient (Wildman–Crippen LogP) is 4.39. The smallest absolute Gasteiger partial charge is 0.260 e. The Morgan fingerprint density at radius 3 is 2.58 bits per heavy atom. The minimum Gasteiger partial charge on any atom is -0.481 e. The highest BCUT2D eigenvalue weighted by Crippen LogP contribution is 2.25. The zero-order valence-corrected chi connectivity index (χ0v) is 15.9. The van der Waals surface area contributed by atoms with E-state index in [4.69, 9.17) is 4.74 Å². The van der Waals surface area contributed by atoms with Crippen molar-refractivity contribution in [1.82, 2.24) is 5.32 Å². The molecule has 0 heterocycles. The lowest BCUT2D eigenvalue weighted by Crippen LogP contribution is -2.37. The predicted molar refractivity (Wildman–Crippen MR) is 106 cm³/mol. The summed E-state index contributed by atoms with van der Waals surface area (Å²) in [4.78, 5) is 12.3. The lowest BCUT2D eigenvalue weighted by Gasteiger charge is -2.19. The van der Waals surface area contributed by atoms with Gasteiger partial charge in [-0.2, -0.15) is 0 Å². The molecule has 1 unspecified atom stereocenters. The van der Waals surface area contributed by atoms with Crippen LogP contribution in [0.25, 0.3) is 0 Å². The minimum atomic E-state index is -0.476. The van der Waals surface area contributed by atoms with E-state index in [-0.39, 0.29) is 5.91 Å². The number of aryl methyl sites for hydroxylation is 4. The first-order valence-corrected chi connectivity index (χ1v) is 9.73. The van der Waals surface area contributed by atoms with Crippen LogP contribution in [-0.2, 0) is 24.1 Å². The van der Waals surface area contributed by atoms with Gasteiger partial charge in [-0.05, 0) is 81.2 Å². The molecule has 0 fully saturated rings. The molecule has 2 aromatic rings. The fraction of sp³-hybridized carbons (Fsp3) is 0.435. The van der Waals surface area contributed by atoms with Crippen molar-refractivity contribution in [3.8, 4) is 5.75 Å². The summed E-state index contributed by atoms with van der Waals surface area (Å²) in [6.07, 6.45) is 6.22. The fourth-order valence-electron chi connectivity index (χ4n) is 3.44. The quantitative estimate of drug-likeness (QED) is 0.751. The number of fused-ring (bicyclic) bond motifs is 1. The summed E-state index contributed by atoms with van der Waals surface area (Å²) < 4.78 is 5.86. The van der Waals surface area contributed by atoms with Crippen molar-refractivity contribution in [3.05, 3.63) is 64.7 Å². The van der Waals surface area contributed by atoms with E-state index >= 15 is 0 Å². The third-order valence-electron chi connectivity index (χ3n) is 5.06. The summed E-state index contributed by atoms with van der Waals surface area (Å²) in [6.45, 7) is 4.58. The van der Waals surface area contributed by atoms with Crippen molar-refractivity contribution in [1.29, 1.82) is 0 Å². The van der Waals surface area contributed by atoms with Crippen molar-refractivity contribution in [3.63, 3.8) is 0 Å². The van der Waals surface area contributed by atoms with Crippen LogP contribution in [0, 0.1) is 6.92 Å². The Morgan fingerprint density at radius 2 is 1.81 bits per heavy atom. The van der Waals surface area contributed by atoms with Crippen LogP contribution in [0.3, 0.4) is 0 Å². The maximum absolute atomic E-state index is 12.3.